The first-order valence-corrected chi connectivity index (χ1v) is 10.9. The summed E-state index contributed by atoms with van der Waals surface area (Å²) >= 11 is 5.87. The van der Waals surface area contributed by atoms with Crippen LogP contribution in [-0.2, 0) is 21.2 Å². The molecule has 3 rings (SSSR count). The molecule has 7 heteroatoms. The minimum Gasteiger partial charge on any atom is -0.340 e. The molecule has 27 heavy (non-hydrogen) atoms. The number of hydrogen-bond acceptors (Lipinski definition) is 3. The number of nitrogens with zero attached hydrogens (tertiary/aromatic N) is 2. The molecule has 0 radical (unpaired) electrons. The van der Waals surface area contributed by atoms with Gasteiger partial charge in [-0.05, 0) is 42.7 Å². The summed E-state index contributed by atoms with van der Waals surface area (Å²) in [7, 11) is -3.48. The van der Waals surface area contributed by atoms with Crippen LogP contribution in [0.25, 0.3) is 0 Å². The average molecular weight is 407 g/mol. The number of carbonyl (C=O) groups excluding carboxylic acids is 1. The number of aryl methyl sites for hydroxylation is 1. The largest absolute Gasteiger partial charge is 0.340 e. The van der Waals surface area contributed by atoms with E-state index < -0.39 is 10.0 Å². The number of carbonyl (C=O) groups is 1. The maximum absolute atomic E-state index is 12.6. The Morgan fingerprint density at radius 2 is 1.56 bits per heavy atom. The zero-order valence-corrected chi connectivity index (χ0v) is 16.6. The van der Waals surface area contributed by atoms with Crippen molar-refractivity contribution in [3.8, 4) is 0 Å². The van der Waals surface area contributed by atoms with E-state index in [-0.39, 0.29) is 5.91 Å². The first-order valence-electron chi connectivity index (χ1n) is 9.04. The van der Waals surface area contributed by atoms with Crippen LogP contribution in [0.1, 0.15) is 18.4 Å². The van der Waals surface area contributed by atoms with Crippen LogP contribution in [0.4, 0.5) is 0 Å². The quantitative estimate of drug-likeness (QED) is 0.740. The van der Waals surface area contributed by atoms with Gasteiger partial charge in [-0.3, -0.25) is 4.79 Å². The molecule has 1 saturated heterocycles. The molecule has 1 fully saturated rings. The molecule has 0 saturated carbocycles. The summed E-state index contributed by atoms with van der Waals surface area (Å²) in [5, 5.41) is 0.707. The average Bonchev–Trinajstić information content (AvgIpc) is 2.70. The summed E-state index contributed by atoms with van der Waals surface area (Å²) in [6.45, 7) is 1.54. The summed E-state index contributed by atoms with van der Waals surface area (Å²) in [4.78, 5) is 14.5. The third-order valence-electron chi connectivity index (χ3n) is 4.74. The van der Waals surface area contributed by atoms with Crippen LogP contribution in [0.15, 0.2) is 59.5 Å². The lowest BCUT2D eigenvalue weighted by Crippen LogP contribution is -2.50. The van der Waals surface area contributed by atoms with E-state index in [1.807, 2.05) is 24.3 Å². The zero-order valence-electron chi connectivity index (χ0n) is 15.1. The van der Waals surface area contributed by atoms with Crippen molar-refractivity contribution >= 4 is 27.5 Å². The van der Waals surface area contributed by atoms with E-state index in [9.17, 15) is 13.2 Å². The van der Waals surface area contributed by atoms with Gasteiger partial charge in [0.1, 0.15) is 0 Å². The molecule has 2 aromatic rings. The van der Waals surface area contributed by atoms with Gasteiger partial charge in [-0.15, -0.1) is 0 Å². The van der Waals surface area contributed by atoms with Crippen molar-refractivity contribution in [2.45, 2.75) is 24.2 Å². The van der Waals surface area contributed by atoms with Crippen molar-refractivity contribution in [2.75, 3.05) is 26.2 Å². The number of rotatable bonds is 6. The fourth-order valence-corrected chi connectivity index (χ4v) is 4.74. The maximum Gasteiger partial charge on any atom is 0.243 e. The van der Waals surface area contributed by atoms with Gasteiger partial charge in [0.25, 0.3) is 0 Å². The minimum absolute atomic E-state index is 0.0840. The molecule has 0 bridgehead atoms. The SMILES string of the molecule is O=C(CCCc1ccc(Cl)cc1)N1CCN(S(=O)(=O)c2ccccc2)CC1. The Morgan fingerprint density at radius 1 is 0.926 bits per heavy atom. The Bertz CT molecular complexity index is 862. The van der Waals surface area contributed by atoms with Gasteiger partial charge in [-0.25, -0.2) is 8.42 Å². The lowest BCUT2D eigenvalue weighted by molar-refractivity contribution is -0.132. The highest BCUT2D eigenvalue weighted by Gasteiger charge is 2.29. The van der Waals surface area contributed by atoms with Gasteiger partial charge in [-0.2, -0.15) is 4.31 Å². The fraction of sp³-hybridized carbons (Fsp3) is 0.350. The standard InChI is InChI=1S/C20H23ClN2O3S/c21-18-11-9-17(10-12-18)5-4-8-20(24)22-13-15-23(16-14-22)27(25,26)19-6-2-1-3-7-19/h1-3,6-7,9-12H,4-5,8,13-16H2. The van der Waals surface area contributed by atoms with Crippen LogP contribution in [0.3, 0.4) is 0 Å². The van der Waals surface area contributed by atoms with Crippen LogP contribution < -0.4 is 0 Å². The molecule has 0 aliphatic carbocycles. The van der Waals surface area contributed by atoms with Gasteiger partial charge in [0.05, 0.1) is 4.90 Å². The highest BCUT2D eigenvalue weighted by atomic mass is 35.5. The number of amides is 1. The second kappa shape index (κ2) is 8.87. The van der Waals surface area contributed by atoms with Crippen LogP contribution in [0, 0.1) is 0 Å². The van der Waals surface area contributed by atoms with Crippen molar-refractivity contribution in [2.24, 2.45) is 0 Å². The summed E-state index contributed by atoms with van der Waals surface area (Å²) in [6, 6.07) is 16.1. The second-order valence-corrected chi connectivity index (χ2v) is 8.95. The van der Waals surface area contributed by atoms with Gasteiger partial charge in [0.15, 0.2) is 0 Å². The van der Waals surface area contributed by atoms with Crippen LogP contribution in [0.5, 0.6) is 0 Å². The van der Waals surface area contributed by atoms with Crippen molar-refractivity contribution < 1.29 is 13.2 Å². The molecule has 2 aromatic carbocycles. The predicted octanol–water partition coefficient (Wildman–Crippen LogP) is 3.20. The van der Waals surface area contributed by atoms with Gasteiger partial charge in [-0.1, -0.05) is 41.9 Å². The summed E-state index contributed by atoms with van der Waals surface area (Å²) in [6.07, 6.45) is 2.06. The van der Waals surface area contributed by atoms with E-state index in [4.69, 9.17) is 11.6 Å². The summed E-state index contributed by atoms with van der Waals surface area (Å²) < 4.78 is 26.7. The summed E-state index contributed by atoms with van der Waals surface area (Å²) in [5.41, 5.74) is 1.16. The van der Waals surface area contributed by atoms with Crippen molar-refractivity contribution in [1.82, 2.24) is 9.21 Å². The first kappa shape index (κ1) is 19.9. The molecule has 0 spiro atoms. The van der Waals surface area contributed by atoms with E-state index in [1.165, 1.54) is 4.31 Å². The molecule has 0 N–H and O–H groups in total. The minimum atomic E-state index is -3.48. The van der Waals surface area contributed by atoms with E-state index in [1.54, 1.807) is 35.2 Å². The normalized spacial score (nSPS) is 15.7. The molecular formula is C20H23ClN2O3S. The molecule has 1 amide bonds. The Morgan fingerprint density at radius 3 is 2.19 bits per heavy atom. The Kier molecular flexibility index (Phi) is 6.52. The molecule has 1 aliphatic rings. The fourth-order valence-electron chi connectivity index (χ4n) is 3.17. The monoisotopic (exact) mass is 406 g/mol. The van der Waals surface area contributed by atoms with E-state index in [0.29, 0.717) is 42.5 Å². The maximum atomic E-state index is 12.6. The first-order chi connectivity index (χ1) is 13.0. The molecule has 144 valence electrons. The number of piperazine rings is 1. The smallest absolute Gasteiger partial charge is 0.243 e. The molecule has 0 unspecified atom stereocenters. The third-order valence-corrected chi connectivity index (χ3v) is 6.91. The number of hydrogen-bond donors (Lipinski definition) is 0. The lowest BCUT2D eigenvalue weighted by atomic mass is 10.1. The molecule has 5 nitrogen and oxygen atoms in total. The molecular weight excluding hydrogens is 384 g/mol. The highest BCUT2D eigenvalue weighted by Crippen LogP contribution is 2.18. The molecule has 1 heterocycles. The van der Waals surface area contributed by atoms with Gasteiger partial charge >= 0.3 is 0 Å². The lowest BCUT2D eigenvalue weighted by Gasteiger charge is -2.34. The third kappa shape index (κ3) is 5.09. The Labute approximate surface area is 165 Å². The van der Waals surface area contributed by atoms with Crippen LogP contribution in [0.2, 0.25) is 5.02 Å². The number of halogens is 1. The van der Waals surface area contributed by atoms with Gasteiger partial charge < -0.3 is 4.90 Å². The predicted molar refractivity (Wildman–Crippen MR) is 106 cm³/mol. The van der Waals surface area contributed by atoms with Gasteiger partial charge in [0.2, 0.25) is 15.9 Å². The van der Waals surface area contributed by atoms with Crippen molar-refractivity contribution in [1.29, 1.82) is 0 Å². The molecule has 0 aromatic heterocycles. The van der Waals surface area contributed by atoms with Crippen molar-refractivity contribution in [3.63, 3.8) is 0 Å². The number of sulfonamides is 1. The van der Waals surface area contributed by atoms with Crippen LogP contribution >= 0.6 is 11.6 Å². The Hall–Kier alpha value is -1.89. The molecule has 1 aliphatic heterocycles. The zero-order chi connectivity index (χ0) is 19.3. The highest BCUT2D eigenvalue weighted by molar-refractivity contribution is 7.89. The molecule has 0 atom stereocenters. The van der Waals surface area contributed by atoms with Crippen molar-refractivity contribution in [3.05, 3.63) is 65.2 Å². The van der Waals surface area contributed by atoms with E-state index >= 15 is 0 Å². The van der Waals surface area contributed by atoms with E-state index in [0.717, 1.165) is 18.4 Å². The van der Waals surface area contributed by atoms with Crippen LogP contribution in [-0.4, -0.2) is 49.7 Å². The summed E-state index contributed by atoms with van der Waals surface area (Å²) in [5.74, 6) is 0.0840. The topological polar surface area (TPSA) is 57.7 Å². The number of benzene rings is 2. The second-order valence-electron chi connectivity index (χ2n) is 6.58. The van der Waals surface area contributed by atoms with Gasteiger partial charge in [0, 0.05) is 37.6 Å². The Balaban J connectivity index is 1.47. The van der Waals surface area contributed by atoms with E-state index in [2.05, 4.69) is 0 Å².